The summed E-state index contributed by atoms with van der Waals surface area (Å²) in [6, 6.07) is 0. The fraction of sp³-hybridized carbons (Fsp3) is 0.600. The van der Waals surface area contributed by atoms with Crippen LogP contribution < -0.4 is 0 Å². The molecule has 0 aliphatic heterocycles. The predicted molar refractivity (Wildman–Crippen MR) is 97.0 cm³/mol. The number of hydrogen-bond acceptors (Lipinski definition) is 5. The number of carbonyl (C=O) groups excluding carboxylic acids is 2. The smallest absolute Gasteiger partial charge is 0.176 e. The fourth-order valence-corrected chi connectivity index (χ4v) is 2.94. The zero-order valence-corrected chi connectivity index (χ0v) is 16.0. The van der Waals surface area contributed by atoms with Gasteiger partial charge < -0.3 is 15.3 Å². The molecule has 1 aliphatic rings. The Morgan fingerprint density at radius 2 is 1.68 bits per heavy atom. The van der Waals surface area contributed by atoms with Crippen LogP contribution in [0.1, 0.15) is 54.4 Å². The first-order chi connectivity index (χ1) is 11.4. The van der Waals surface area contributed by atoms with Gasteiger partial charge in [-0.15, -0.1) is 0 Å². The minimum atomic E-state index is -2.16. The molecule has 25 heavy (non-hydrogen) atoms. The second-order valence-electron chi connectivity index (χ2n) is 7.53. The lowest BCUT2D eigenvalue weighted by Crippen LogP contribution is -2.49. The summed E-state index contributed by atoms with van der Waals surface area (Å²) in [5.41, 5.74) is -0.651. The van der Waals surface area contributed by atoms with E-state index in [1.165, 1.54) is 0 Å². The van der Waals surface area contributed by atoms with Crippen LogP contribution in [0.5, 0.6) is 0 Å². The van der Waals surface area contributed by atoms with Crippen molar-refractivity contribution in [2.75, 3.05) is 0 Å². The van der Waals surface area contributed by atoms with Crippen molar-refractivity contribution in [3.05, 3.63) is 34.6 Å². The van der Waals surface area contributed by atoms with Crippen LogP contribution >= 0.6 is 0 Å². The molecule has 0 radical (unpaired) electrons. The molecular weight excluding hydrogens is 320 g/mol. The van der Waals surface area contributed by atoms with Crippen molar-refractivity contribution in [2.24, 2.45) is 11.8 Å². The summed E-state index contributed by atoms with van der Waals surface area (Å²) < 4.78 is 0. The van der Waals surface area contributed by atoms with Crippen LogP contribution in [0, 0.1) is 11.8 Å². The molecule has 1 unspecified atom stereocenters. The molecule has 0 bridgehead atoms. The van der Waals surface area contributed by atoms with Crippen LogP contribution in [0.2, 0.25) is 0 Å². The Bertz CT molecular complexity index is 630. The lowest BCUT2D eigenvalue weighted by Gasteiger charge is -2.33. The van der Waals surface area contributed by atoms with Crippen molar-refractivity contribution in [1.82, 2.24) is 0 Å². The Hall–Kier alpha value is -1.72. The Morgan fingerprint density at radius 3 is 2.12 bits per heavy atom. The first kappa shape index (κ1) is 21.3. The Labute approximate surface area is 149 Å². The van der Waals surface area contributed by atoms with Gasteiger partial charge in [0, 0.05) is 5.92 Å². The number of aliphatic hydroxyl groups excluding tert-OH is 2. The third-order valence-corrected chi connectivity index (χ3v) is 4.50. The number of hydrogen-bond donors (Lipinski definition) is 3. The minimum absolute atomic E-state index is 0.0741. The van der Waals surface area contributed by atoms with Crippen molar-refractivity contribution < 1.29 is 24.9 Å². The van der Waals surface area contributed by atoms with Crippen LogP contribution in [-0.4, -0.2) is 38.6 Å². The van der Waals surface area contributed by atoms with Crippen molar-refractivity contribution in [1.29, 1.82) is 0 Å². The van der Waals surface area contributed by atoms with E-state index in [0.717, 1.165) is 11.1 Å². The summed E-state index contributed by atoms with van der Waals surface area (Å²) in [6.07, 6.45) is 2.31. The fourth-order valence-electron chi connectivity index (χ4n) is 2.94. The predicted octanol–water partition coefficient (Wildman–Crippen LogP) is 3.03. The van der Waals surface area contributed by atoms with E-state index in [4.69, 9.17) is 0 Å². The summed E-state index contributed by atoms with van der Waals surface area (Å²) in [5, 5.41) is 32.2. The lowest BCUT2D eigenvalue weighted by atomic mass is 9.80. The first-order valence-corrected chi connectivity index (χ1v) is 8.63. The molecule has 0 fully saturated rings. The third kappa shape index (κ3) is 4.28. The highest BCUT2D eigenvalue weighted by molar-refractivity contribution is 6.24. The number of Topliss-reactive ketones (excluding diaryl/α,β-unsaturated/α-hetero) is 2. The molecule has 0 saturated heterocycles. The van der Waals surface area contributed by atoms with Crippen LogP contribution in [0.15, 0.2) is 34.6 Å². The van der Waals surface area contributed by atoms with E-state index in [9.17, 15) is 24.9 Å². The van der Waals surface area contributed by atoms with Crippen molar-refractivity contribution in [3.8, 4) is 0 Å². The van der Waals surface area contributed by atoms with Gasteiger partial charge >= 0.3 is 0 Å². The molecule has 140 valence electrons. The van der Waals surface area contributed by atoms with Crippen LogP contribution in [0.25, 0.3) is 0 Å². The molecule has 1 rings (SSSR count). The molecule has 0 saturated carbocycles. The summed E-state index contributed by atoms with van der Waals surface area (Å²) in [7, 11) is 0. The zero-order chi connectivity index (χ0) is 19.5. The van der Waals surface area contributed by atoms with E-state index in [1.54, 1.807) is 26.0 Å². The second kappa shape index (κ2) is 8.11. The molecule has 0 aromatic carbocycles. The molecule has 0 amide bonds. The van der Waals surface area contributed by atoms with Gasteiger partial charge in [-0.25, -0.2) is 0 Å². The maximum absolute atomic E-state index is 12.8. The van der Waals surface area contributed by atoms with Gasteiger partial charge in [0.25, 0.3) is 0 Å². The van der Waals surface area contributed by atoms with E-state index >= 15 is 0 Å². The molecular formula is C20H30O5. The standard InChI is InChI=1S/C20H30O5/c1-11(2)7-9-14-18(23)16(17(22)13(5)6)19(24)20(14,25)15(21)10-8-12(3)4/h7-8,13-15,21,24-25H,9-10H2,1-6H3/t14?,15-,20+/m0/s1. The SMILES string of the molecule is CC(C)=CCC1C(=O)C(C(=O)C(C)C)=C(O)[C@]1(O)[C@@H](O)CC=C(C)C. The highest BCUT2D eigenvalue weighted by Gasteiger charge is 2.58. The molecule has 3 N–H and O–H groups in total. The van der Waals surface area contributed by atoms with Crippen molar-refractivity contribution >= 4 is 11.6 Å². The maximum atomic E-state index is 12.8. The second-order valence-corrected chi connectivity index (χ2v) is 7.53. The van der Waals surface area contributed by atoms with E-state index < -0.39 is 40.9 Å². The van der Waals surface area contributed by atoms with E-state index in [0.29, 0.717) is 0 Å². The Kier molecular flexibility index (Phi) is 6.91. The molecule has 0 heterocycles. The average molecular weight is 350 g/mol. The first-order valence-electron chi connectivity index (χ1n) is 8.63. The number of aliphatic hydroxyl groups is 3. The molecule has 0 spiro atoms. The molecule has 1 aliphatic carbocycles. The largest absolute Gasteiger partial charge is 0.508 e. The third-order valence-electron chi connectivity index (χ3n) is 4.50. The normalized spacial score (nSPS) is 24.5. The van der Waals surface area contributed by atoms with E-state index in [-0.39, 0.29) is 18.4 Å². The summed E-state index contributed by atoms with van der Waals surface area (Å²) in [4.78, 5) is 25.1. The van der Waals surface area contributed by atoms with E-state index in [1.807, 2.05) is 27.7 Å². The number of ketones is 2. The molecule has 0 aromatic heterocycles. The highest BCUT2D eigenvalue weighted by atomic mass is 16.4. The van der Waals surface area contributed by atoms with Gasteiger partial charge in [0.2, 0.25) is 0 Å². The average Bonchev–Trinajstić information content (AvgIpc) is 2.69. The summed E-state index contributed by atoms with van der Waals surface area (Å²) in [6.45, 7) is 10.6. The molecule has 0 aromatic rings. The van der Waals surface area contributed by atoms with Gasteiger partial charge in [0.05, 0.1) is 12.0 Å². The lowest BCUT2D eigenvalue weighted by molar-refractivity contribution is -0.134. The molecule has 3 atom stereocenters. The van der Waals surface area contributed by atoms with Gasteiger partial charge in [-0.3, -0.25) is 9.59 Å². The quantitative estimate of drug-likeness (QED) is 0.484. The van der Waals surface area contributed by atoms with Crippen LogP contribution in [-0.2, 0) is 9.59 Å². The minimum Gasteiger partial charge on any atom is -0.508 e. The summed E-state index contributed by atoms with van der Waals surface area (Å²) >= 11 is 0. The number of carbonyl (C=O) groups is 2. The maximum Gasteiger partial charge on any atom is 0.176 e. The van der Waals surface area contributed by atoms with Gasteiger partial charge in [0.1, 0.15) is 11.3 Å². The summed E-state index contributed by atoms with van der Waals surface area (Å²) in [5.74, 6) is -3.40. The van der Waals surface area contributed by atoms with Crippen LogP contribution in [0.4, 0.5) is 0 Å². The monoisotopic (exact) mass is 350 g/mol. The van der Waals surface area contributed by atoms with Gasteiger partial charge in [-0.05, 0) is 40.5 Å². The molecule has 5 heteroatoms. The topological polar surface area (TPSA) is 94.8 Å². The van der Waals surface area contributed by atoms with Gasteiger partial charge in [0.15, 0.2) is 17.2 Å². The number of allylic oxidation sites excluding steroid dienone is 4. The van der Waals surface area contributed by atoms with Crippen molar-refractivity contribution in [2.45, 2.75) is 66.1 Å². The van der Waals surface area contributed by atoms with Crippen LogP contribution in [0.3, 0.4) is 0 Å². The highest BCUT2D eigenvalue weighted by Crippen LogP contribution is 2.43. The number of rotatable bonds is 7. The Morgan fingerprint density at radius 1 is 1.16 bits per heavy atom. The van der Waals surface area contributed by atoms with Gasteiger partial charge in [-0.2, -0.15) is 0 Å². The zero-order valence-electron chi connectivity index (χ0n) is 16.0. The molecule has 5 nitrogen and oxygen atoms in total. The van der Waals surface area contributed by atoms with Crippen molar-refractivity contribution in [3.63, 3.8) is 0 Å². The van der Waals surface area contributed by atoms with E-state index in [2.05, 4.69) is 0 Å². The van der Waals surface area contributed by atoms with Gasteiger partial charge in [-0.1, -0.05) is 37.1 Å². The Balaban J connectivity index is 3.42.